The maximum atomic E-state index is 10.9. The third kappa shape index (κ3) is 1.63. The van der Waals surface area contributed by atoms with Crippen LogP contribution in [0.2, 0.25) is 0 Å². The van der Waals surface area contributed by atoms with E-state index in [0.717, 1.165) is 0 Å². The number of carbonyl (C=O) groups is 1. The third-order valence-electron chi connectivity index (χ3n) is 1.67. The van der Waals surface area contributed by atoms with Crippen LogP contribution < -0.4 is 0 Å². The summed E-state index contributed by atoms with van der Waals surface area (Å²) in [5, 5.41) is 0. The predicted octanol–water partition coefficient (Wildman–Crippen LogP) is 0.474. The van der Waals surface area contributed by atoms with Crippen molar-refractivity contribution in [2.24, 2.45) is 0 Å². The van der Waals surface area contributed by atoms with E-state index in [1.54, 1.807) is 19.1 Å². The molecule has 0 aromatic heterocycles. The molecule has 64 valence electrons. The molecule has 0 N–H and O–H groups in total. The highest BCUT2D eigenvalue weighted by Crippen LogP contribution is 2.20. The molecule has 0 unspecified atom stereocenters. The van der Waals surface area contributed by atoms with Crippen molar-refractivity contribution in [1.82, 2.24) is 4.90 Å². The minimum Gasteiger partial charge on any atom is -0.439 e. The zero-order chi connectivity index (χ0) is 8.48. The van der Waals surface area contributed by atoms with Gasteiger partial charge in [-0.2, -0.15) is 0 Å². The number of hydrogen-bond acceptors (Lipinski definition) is 3. The summed E-state index contributed by atoms with van der Waals surface area (Å²) in [7, 11) is 3.31. The minimum absolute atomic E-state index is 0.274. The smallest absolute Gasteiger partial charge is 0.410 e. The van der Waals surface area contributed by atoms with Gasteiger partial charge in [-0.15, -0.1) is 0 Å². The van der Waals surface area contributed by atoms with Gasteiger partial charge < -0.3 is 14.4 Å². The Morgan fingerprint density at radius 3 is 2.82 bits per heavy atom. The number of nitrogens with zero attached hydrogens (tertiary/aromatic N) is 1. The lowest BCUT2D eigenvalue weighted by Crippen LogP contribution is -2.34. The van der Waals surface area contributed by atoms with Crippen molar-refractivity contribution in [3.8, 4) is 0 Å². The van der Waals surface area contributed by atoms with Gasteiger partial charge in [-0.1, -0.05) is 0 Å². The highest BCUT2D eigenvalue weighted by atomic mass is 16.6. The lowest BCUT2D eigenvalue weighted by molar-refractivity contribution is 0.00326. The first-order chi connectivity index (χ1) is 5.07. The number of ether oxygens (including phenoxy) is 2. The summed E-state index contributed by atoms with van der Waals surface area (Å²) >= 11 is 0. The minimum atomic E-state index is -0.458. The molecule has 1 heterocycles. The molecule has 0 spiro atoms. The number of rotatable bonds is 2. The molecule has 0 bridgehead atoms. The highest BCUT2D eigenvalue weighted by molar-refractivity contribution is 5.70. The van der Waals surface area contributed by atoms with Gasteiger partial charge in [0.1, 0.15) is 0 Å². The predicted molar refractivity (Wildman–Crippen MR) is 39.4 cm³/mol. The van der Waals surface area contributed by atoms with E-state index in [4.69, 9.17) is 9.47 Å². The zero-order valence-corrected chi connectivity index (χ0v) is 7.09. The number of amides is 1. The Bertz CT molecular complexity index is 171. The van der Waals surface area contributed by atoms with Gasteiger partial charge in [0.25, 0.3) is 0 Å². The SMILES string of the molecule is COC[C@@]1(C)CN(C)C(=O)O1. The fourth-order valence-electron chi connectivity index (χ4n) is 1.27. The number of hydrogen-bond donors (Lipinski definition) is 0. The van der Waals surface area contributed by atoms with E-state index in [0.29, 0.717) is 13.2 Å². The molecule has 0 aromatic carbocycles. The van der Waals surface area contributed by atoms with Crippen LogP contribution in [0.3, 0.4) is 0 Å². The second-order valence-electron chi connectivity index (χ2n) is 3.11. The summed E-state index contributed by atoms with van der Waals surface area (Å²) in [6.07, 6.45) is -0.274. The van der Waals surface area contributed by atoms with Crippen LogP contribution in [0.5, 0.6) is 0 Å². The van der Waals surface area contributed by atoms with Gasteiger partial charge in [0.05, 0.1) is 13.2 Å². The van der Waals surface area contributed by atoms with E-state index in [9.17, 15) is 4.79 Å². The lowest BCUT2D eigenvalue weighted by atomic mass is 10.1. The van der Waals surface area contributed by atoms with Gasteiger partial charge in [0.15, 0.2) is 5.60 Å². The van der Waals surface area contributed by atoms with E-state index in [2.05, 4.69) is 0 Å². The van der Waals surface area contributed by atoms with Crippen molar-refractivity contribution in [2.45, 2.75) is 12.5 Å². The van der Waals surface area contributed by atoms with Crippen LogP contribution in [-0.4, -0.2) is 43.9 Å². The molecular formula is C7H13NO3. The monoisotopic (exact) mass is 159 g/mol. The van der Waals surface area contributed by atoms with Crippen LogP contribution in [0.25, 0.3) is 0 Å². The summed E-state index contributed by atoms with van der Waals surface area (Å²) in [4.78, 5) is 12.5. The molecule has 1 fully saturated rings. The second-order valence-corrected chi connectivity index (χ2v) is 3.11. The van der Waals surface area contributed by atoms with Crippen molar-refractivity contribution in [3.05, 3.63) is 0 Å². The van der Waals surface area contributed by atoms with Crippen LogP contribution >= 0.6 is 0 Å². The first-order valence-electron chi connectivity index (χ1n) is 3.50. The average Bonchev–Trinajstić information content (AvgIpc) is 2.08. The molecule has 1 rings (SSSR count). The summed E-state index contributed by atoms with van der Waals surface area (Å²) in [6, 6.07) is 0. The summed E-state index contributed by atoms with van der Waals surface area (Å²) in [6.45, 7) is 2.90. The van der Waals surface area contributed by atoms with Crippen molar-refractivity contribution < 1.29 is 14.3 Å². The normalized spacial score (nSPS) is 30.8. The van der Waals surface area contributed by atoms with Crippen LogP contribution in [0.4, 0.5) is 4.79 Å². The molecule has 4 heteroatoms. The Balaban J connectivity index is 2.56. The molecule has 0 aromatic rings. The van der Waals surface area contributed by atoms with E-state index in [1.807, 2.05) is 6.92 Å². The Morgan fingerprint density at radius 1 is 1.82 bits per heavy atom. The summed E-state index contributed by atoms with van der Waals surface area (Å²) in [5.41, 5.74) is -0.458. The fourth-order valence-corrected chi connectivity index (χ4v) is 1.27. The van der Waals surface area contributed by atoms with Gasteiger partial charge in [-0.05, 0) is 6.92 Å². The average molecular weight is 159 g/mol. The van der Waals surface area contributed by atoms with Crippen LogP contribution in [0.1, 0.15) is 6.92 Å². The Morgan fingerprint density at radius 2 is 2.45 bits per heavy atom. The molecule has 0 saturated carbocycles. The van der Waals surface area contributed by atoms with E-state index in [-0.39, 0.29) is 6.09 Å². The summed E-state index contributed by atoms with van der Waals surface area (Å²) < 4.78 is 9.98. The largest absolute Gasteiger partial charge is 0.439 e. The first-order valence-corrected chi connectivity index (χ1v) is 3.50. The molecule has 0 aliphatic carbocycles. The molecule has 1 atom stereocenters. The molecule has 1 aliphatic rings. The van der Waals surface area contributed by atoms with E-state index >= 15 is 0 Å². The molecular weight excluding hydrogens is 146 g/mol. The van der Waals surface area contributed by atoms with E-state index < -0.39 is 5.60 Å². The number of carbonyl (C=O) groups excluding carboxylic acids is 1. The van der Waals surface area contributed by atoms with E-state index in [1.165, 1.54) is 0 Å². The highest BCUT2D eigenvalue weighted by Gasteiger charge is 2.39. The molecule has 0 radical (unpaired) electrons. The second kappa shape index (κ2) is 2.70. The third-order valence-corrected chi connectivity index (χ3v) is 1.67. The van der Waals surface area contributed by atoms with Gasteiger partial charge in [-0.25, -0.2) is 4.79 Å². The number of cyclic esters (lactones) is 1. The molecule has 11 heavy (non-hydrogen) atoms. The van der Waals surface area contributed by atoms with Crippen molar-refractivity contribution in [2.75, 3.05) is 27.3 Å². The number of likely N-dealkylation sites (N-methyl/N-ethyl adjacent to an activating group) is 1. The first kappa shape index (κ1) is 8.33. The van der Waals surface area contributed by atoms with Crippen molar-refractivity contribution in [3.63, 3.8) is 0 Å². The van der Waals surface area contributed by atoms with Gasteiger partial charge in [-0.3, -0.25) is 0 Å². The molecule has 1 aliphatic heterocycles. The van der Waals surface area contributed by atoms with Gasteiger partial charge >= 0.3 is 6.09 Å². The number of methoxy groups -OCH3 is 1. The zero-order valence-electron chi connectivity index (χ0n) is 7.09. The van der Waals surface area contributed by atoms with Crippen LogP contribution in [0, 0.1) is 0 Å². The van der Waals surface area contributed by atoms with Gasteiger partial charge in [0.2, 0.25) is 0 Å². The summed E-state index contributed by atoms with van der Waals surface area (Å²) in [5.74, 6) is 0. The Kier molecular flexibility index (Phi) is 2.04. The van der Waals surface area contributed by atoms with Crippen LogP contribution in [-0.2, 0) is 9.47 Å². The Labute approximate surface area is 66.1 Å². The topological polar surface area (TPSA) is 38.8 Å². The molecule has 1 amide bonds. The lowest BCUT2D eigenvalue weighted by Gasteiger charge is -2.19. The maximum Gasteiger partial charge on any atom is 0.410 e. The van der Waals surface area contributed by atoms with Gasteiger partial charge in [0, 0.05) is 14.2 Å². The van der Waals surface area contributed by atoms with Crippen LogP contribution in [0.15, 0.2) is 0 Å². The fraction of sp³-hybridized carbons (Fsp3) is 0.857. The van der Waals surface area contributed by atoms with Crippen molar-refractivity contribution >= 4 is 6.09 Å². The molecule has 1 saturated heterocycles. The Hall–Kier alpha value is -0.770. The standard InChI is InChI=1S/C7H13NO3/c1-7(5-10-3)4-8(2)6(9)11-7/h4-5H2,1-3H3/t7-/m1/s1. The maximum absolute atomic E-state index is 10.9. The quantitative estimate of drug-likeness (QED) is 0.588. The van der Waals surface area contributed by atoms with Crippen molar-refractivity contribution in [1.29, 1.82) is 0 Å². The molecule has 4 nitrogen and oxygen atoms in total.